The van der Waals surface area contributed by atoms with Crippen LogP contribution in [0.4, 0.5) is 0 Å². The van der Waals surface area contributed by atoms with Crippen molar-refractivity contribution in [2.45, 2.75) is 19.4 Å². The van der Waals surface area contributed by atoms with Crippen LogP contribution in [0.5, 0.6) is 0 Å². The van der Waals surface area contributed by atoms with E-state index in [0.717, 1.165) is 6.42 Å². The predicted octanol–water partition coefficient (Wildman–Crippen LogP) is 0.655. The maximum Gasteiger partial charge on any atom is 0.230 e. The summed E-state index contributed by atoms with van der Waals surface area (Å²) in [4.78, 5) is 10.8. The Morgan fingerprint density at radius 3 is 2.67 bits per heavy atom. The molecule has 2 atom stereocenters. The number of halogens is 1. The first-order valence-corrected chi connectivity index (χ1v) is 6.56. The summed E-state index contributed by atoms with van der Waals surface area (Å²) in [5, 5.41) is 3.09. The van der Waals surface area contributed by atoms with Gasteiger partial charge < -0.3 is 5.32 Å². The highest BCUT2D eigenvalue weighted by molar-refractivity contribution is 9.09. The molecule has 0 aliphatic rings. The zero-order valence-electron chi connectivity index (χ0n) is 7.30. The number of rotatable bonds is 5. The third-order valence-corrected chi connectivity index (χ3v) is 2.69. The molecule has 0 bridgehead atoms. The van der Waals surface area contributed by atoms with E-state index in [4.69, 9.17) is 0 Å². The van der Waals surface area contributed by atoms with Gasteiger partial charge in [-0.15, -0.1) is 0 Å². The second-order valence-corrected chi connectivity index (χ2v) is 4.78. The van der Waals surface area contributed by atoms with Gasteiger partial charge in [-0.2, -0.15) is 0 Å². The van der Waals surface area contributed by atoms with Crippen molar-refractivity contribution in [2.75, 3.05) is 17.3 Å². The van der Waals surface area contributed by atoms with E-state index in [0.29, 0.717) is 11.1 Å². The Labute approximate surface area is 83.9 Å². The molecule has 1 N–H and O–H groups in total. The van der Waals surface area contributed by atoms with Crippen molar-refractivity contribution >= 4 is 32.6 Å². The van der Waals surface area contributed by atoms with E-state index >= 15 is 0 Å². The van der Waals surface area contributed by atoms with Crippen LogP contribution < -0.4 is 5.32 Å². The first-order valence-electron chi connectivity index (χ1n) is 3.71. The number of carbonyl (C=O) groups is 1. The third kappa shape index (κ3) is 6.79. The molecule has 1 amide bonds. The van der Waals surface area contributed by atoms with Gasteiger partial charge in [0.2, 0.25) is 5.91 Å². The minimum atomic E-state index is -0.766. The van der Waals surface area contributed by atoms with Crippen LogP contribution in [-0.2, 0) is 15.6 Å². The monoisotopic (exact) mass is 255 g/mol. The summed E-state index contributed by atoms with van der Waals surface area (Å²) in [6.07, 6.45) is 2.43. The molecule has 0 aromatic carbocycles. The van der Waals surface area contributed by atoms with Gasteiger partial charge in [0.05, 0.1) is 5.33 Å². The Balaban J connectivity index is 3.52. The number of amides is 1. The molecule has 0 aliphatic heterocycles. The highest BCUT2D eigenvalue weighted by Gasteiger charge is 2.05. The van der Waals surface area contributed by atoms with Gasteiger partial charge in [0.25, 0.3) is 0 Å². The Morgan fingerprint density at radius 2 is 2.25 bits per heavy atom. The molecule has 12 heavy (non-hydrogen) atoms. The van der Waals surface area contributed by atoms with Crippen LogP contribution in [0, 0.1) is 0 Å². The highest BCUT2D eigenvalue weighted by Crippen LogP contribution is 1.93. The van der Waals surface area contributed by atoms with Crippen molar-refractivity contribution in [3.63, 3.8) is 0 Å². The van der Waals surface area contributed by atoms with E-state index in [2.05, 4.69) is 21.2 Å². The maximum absolute atomic E-state index is 10.8. The average Bonchev–Trinajstić information content (AvgIpc) is 2.00. The number of nitrogens with one attached hydrogen (secondary N) is 1. The average molecular weight is 256 g/mol. The van der Waals surface area contributed by atoms with Crippen LogP contribution in [0.25, 0.3) is 0 Å². The Bertz CT molecular complexity index is 175. The highest BCUT2D eigenvalue weighted by atomic mass is 79.9. The maximum atomic E-state index is 10.8. The summed E-state index contributed by atoms with van der Waals surface area (Å²) in [5.41, 5.74) is 0. The van der Waals surface area contributed by atoms with Crippen molar-refractivity contribution in [3.8, 4) is 0 Å². The lowest BCUT2D eigenvalue weighted by Gasteiger charge is -2.11. The van der Waals surface area contributed by atoms with Crippen LogP contribution >= 0.6 is 15.9 Å². The summed E-state index contributed by atoms with van der Waals surface area (Å²) in [6.45, 7) is 1.91. The fourth-order valence-corrected chi connectivity index (χ4v) is 1.58. The third-order valence-electron chi connectivity index (χ3n) is 1.37. The molecule has 0 aromatic heterocycles. The Hall–Kier alpha value is 0.1000. The molecule has 0 spiro atoms. The molecule has 72 valence electrons. The van der Waals surface area contributed by atoms with Crippen molar-refractivity contribution in [2.24, 2.45) is 0 Å². The van der Waals surface area contributed by atoms with Crippen molar-refractivity contribution in [3.05, 3.63) is 0 Å². The second-order valence-electron chi connectivity index (χ2n) is 2.67. The Morgan fingerprint density at radius 1 is 1.67 bits per heavy atom. The fourth-order valence-electron chi connectivity index (χ4n) is 0.728. The van der Waals surface area contributed by atoms with Gasteiger partial charge in [-0.05, 0) is 13.3 Å². The topological polar surface area (TPSA) is 46.2 Å². The smallest absolute Gasteiger partial charge is 0.230 e. The molecule has 0 saturated carbocycles. The molecule has 0 aromatic rings. The van der Waals surface area contributed by atoms with E-state index in [1.54, 1.807) is 6.26 Å². The molecular weight excluding hydrogens is 242 g/mol. The molecule has 0 fully saturated rings. The van der Waals surface area contributed by atoms with E-state index in [1.165, 1.54) is 0 Å². The van der Waals surface area contributed by atoms with Crippen LogP contribution in [0.1, 0.15) is 13.3 Å². The number of hydrogen-bond donors (Lipinski definition) is 1. The lowest BCUT2D eigenvalue weighted by molar-refractivity contribution is -0.119. The molecule has 2 unspecified atom stereocenters. The standard InChI is InChI=1S/C7H14BrNO2S/c1-6(3-4-12(2)11)9-7(10)5-8/h6H,3-5H2,1-2H3,(H,9,10). The Kier molecular flexibility index (Phi) is 6.65. The molecule has 0 radical (unpaired) electrons. The molecule has 0 saturated heterocycles. The van der Waals surface area contributed by atoms with E-state index in [1.807, 2.05) is 6.92 Å². The quantitative estimate of drug-likeness (QED) is 0.734. The molecular formula is C7H14BrNO2S. The second kappa shape index (κ2) is 6.60. The molecule has 3 nitrogen and oxygen atoms in total. The largest absolute Gasteiger partial charge is 0.353 e. The van der Waals surface area contributed by atoms with Crippen molar-refractivity contribution in [1.29, 1.82) is 0 Å². The van der Waals surface area contributed by atoms with Crippen LogP contribution in [0.3, 0.4) is 0 Å². The SMILES string of the molecule is CC(CCS(C)=O)NC(=O)CBr. The normalized spacial score (nSPS) is 15.2. The summed E-state index contributed by atoms with van der Waals surface area (Å²) in [7, 11) is -0.766. The first-order chi connectivity index (χ1) is 5.56. The summed E-state index contributed by atoms with van der Waals surface area (Å²) >= 11 is 3.05. The van der Waals surface area contributed by atoms with Crippen LogP contribution in [0.2, 0.25) is 0 Å². The van der Waals surface area contributed by atoms with Gasteiger partial charge in [0.15, 0.2) is 0 Å². The van der Waals surface area contributed by atoms with Crippen LogP contribution in [-0.4, -0.2) is 33.5 Å². The lowest BCUT2D eigenvalue weighted by atomic mass is 10.2. The lowest BCUT2D eigenvalue weighted by Crippen LogP contribution is -2.34. The van der Waals surface area contributed by atoms with Crippen molar-refractivity contribution < 1.29 is 9.00 Å². The van der Waals surface area contributed by atoms with Gasteiger partial charge in [-0.1, -0.05) is 15.9 Å². The minimum Gasteiger partial charge on any atom is -0.353 e. The zero-order chi connectivity index (χ0) is 9.56. The summed E-state index contributed by atoms with van der Waals surface area (Å²) in [5.74, 6) is 0.619. The summed E-state index contributed by atoms with van der Waals surface area (Å²) in [6, 6.07) is 0.110. The number of alkyl halides is 1. The number of carbonyl (C=O) groups excluding carboxylic acids is 1. The van der Waals surface area contributed by atoms with E-state index in [-0.39, 0.29) is 11.9 Å². The fraction of sp³-hybridized carbons (Fsp3) is 0.857. The van der Waals surface area contributed by atoms with Crippen LogP contribution in [0.15, 0.2) is 0 Å². The molecule has 5 heteroatoms. The minimum absolute atomic E-state index is 0.0237. The van der Waals surface area contributed by atoms with Gasteiger partial charge in [-0.3, -0.25) is 9.00 Å². The first kappa shape index (κ1) is 12.1. The van der Waals surface area contributed by atoms with Gasteiger partial charge in [0.1, 0.15) is 0 Å². The van der Waals surface area contributed by atoms with Gasteiger partial charge in [-0.25, -0.2) is 0 Å². The molecule has 0 aliphatic carbocycles. The molecule has 0 heterocycles. The van der Waals surface area contributed by atoms with E-state index < -0.39 is 10.8 Å². The zero-order valence-corrected chi connectivity index (χ0v) is 9.70. The molecule has 0 rings (SSSR count). The van der Waals surface area contributed by atoms with Crippen molar-refractivity contribution in [1.82, 2.24) is 5.32 Å². The van der Waals surface area contributed by atoms with E-state index in [9.17, 15) is 9.00 Å². The number of hydrogen-bond acceptors (Lipinski definition) is 2. The van der Waals surface area contributed by atoms with Gasteiger partial charge >= 0.3 is 0 Å². The predicted molar refractivity (Wildman–Crippen MR) is 54.9 cm³/mol. The summed E-state index contributed by atoms with van der Waals surface area (Å²) < 4.78 is 10.7. The van der Waals surface area contributed by atoms with Gasteiger partial charge in [0, 0.05) is 28.9 Å².